The number of nitrogens with zero attached hydrogens (tertiary/aromatic N) is 1. The summed E-state index contributed by atoms with van der Waals surface area (Å²) in [5, 5.41) is 0. The van der Waals surface area contributed by atoms with E-state index in [1.807, 2.05) is 0 Å². The summed E-state index contributed by atoms with van der Waals surface area (Å²) in [4.78, 5) is 13.6. The first-order valence-corrected chi connectivity index (χ1v) is 12.3. The highest BCUT2D eigenvalue weighted by atomic mass is 32.3. The maximum Gasteiger partial charge on any atom is 0.397 e. The summed E-state index contributed by atoms with van der Waals surface area (Å²) < 4.78 is 83.6. The predicted molar refractivity (Wildman–Crippen MR) is 118 cm³/mol. The zero-order chi connectivity index (χ0) is 26.5. The van der Waals surface area contributed by atoms with Crippen LogP contribution in [-0.4, -0.2) is 134 Å². The molecule has 2 saturated heterocycles. The van der Waals surface area contributed by atoms with Crippen LogP contribution in [0.4, 0.5) is 0 Å². The Morgan fingerprint density at radius 2 is 1.49 bits per heavy atom. The highest BCUT2D eigenvalue weighted by molar-refractivity contribution is 7.80. The fourth-order valence-electron chi connectivity index (χ4n) is 4.50. The van der Waals surface area contributed by atoms with E-state index in [0.717, 1.165) is 0 Å². The van der Waals surface area contributed by atoms with Gasteiger partial charge in [0.05, 0.1) is 12.7 Å². The third kappa shape index (κ3) is 7.07. The fourth-order valence-corrected chi connectivity index (χ4v) is 5.00. The molecular weight excluding hydrogens is 494 g/mol. The molecule has 2 heterocycles. The second-order valence-electron chi connectivity index (χ2n) is 8.25. The molecule has 35 heavy (non-hydrogen) atoms. The Hall–Kier alpha value is -0.980. The molecule has 1 amide bonds. The van der Waals surface area contributed by atoms with Gasteiger partial charge in [0.25, 0.3) is 0 Å². The van der Waals surface area contributed by atoms with Crippen molar-refractivity contribution in [3.63, 3.8) is 0 Å². The van der Waals surface area contributed by atoms with Gasteiger partial charge in [-0.25, -0.2) is 4.18 Å². The van der Waals surface area contributed by atoms with E-state index in [1.54, 1.807) is 6.92 Å². The summed E-state index contributed by atoms with van der Waals surface area (Å²) in [7, 11) is 3.55. The maximum atomic E-state index is 12.4. The van der Waals surface area contributed by atoms with Crippen molar-refractivity contribution in [2.45, 2.75) is 75.2 Å². The van der Waals surface area contributed by atoms with Crippen molar-refractivity contribution in [1.82, 2.24) is 4.90 Å². The lowest BCUT2D eigenvalue weighted by molar-refractivity contribution is -0.350. The largest absolute Gasteiger partial charge is 0.397 e. The van der Waals surface area contributed by atoms with Gasteiger partial charge in [-0.05, 0) is 6.92 Å². The zero-order valence-electron chi connectivity index (χ0n) is 21.2. The average Bonchev–Trinajstić information content (AvgIpc) is 2.77. The second-order valence-corrected chi connectivity index (χ2v) is 9.30. The van der Waals surface area contributed by atoms with E-state index in [-0.39, 0.29) is 6.61 Å². The monoisotopic (exact) mass is 531 g/mol. The Balaban J connectivity index is 2.56. The Kier molecular flexibility index (Phi) is 11.2. The van der Waals surface area contributed by atoms with Gasteiger partial charge in [-0.15, -0.1) is 0 Å². The molecule has 206 valence electrons. The summed E-state index contributed by atoms with van der Waals surface area (Å²) >= 11 is 0. The van der Waals surface area contributed by atoms with Crippen molar-refractivity contribution >= 4 is 16.3 Å². The van der Waals surface area contributed by atoms with Crippen LogP contribution in [-0.2, 0) is 57.3 Å². The molecule has 0 radical (unpaired) electrons. The van der Waals surface area contributed by atoms with Gasteiger partial charge in [0.15, 0.2) is 12.6 Å². The number of likely N-dealkylation sites (N-methyl/N-ethyl adjacent to an activating group) is 1. The van der Waals surface area contributed by atoms with Crippen LogP contribution in [0, 0.1) is 0 Å². The van der Waals surface area contributed by atoms with Crippen molar-refractivity contribution in [2.24, 2.45) is 0 Å². The molecule has 1 N–H and O–H groups in total. The summed E-state index contributed by atoms with van der Waals surface area (Å²) in [6.45, 7) is 3.01. The van der Waals surface area contributed by atoms with Gasteiger partial charge >= 0.3 is 10.4 Å². The van der Waals surface area contributed by atoms with Gasteiger partial charge < -0.3 is 42.8 Å². The van der Waals surface area contributed by atoms with E-state index in [0.29, 0.717) is 0 Å². The van der Waals surface area contributed by atoms with E-state index in [2.05, 4.69) is 0 Å². The van der Waals surface area contributed by atoms with Crippen LogP contribution >= 0.6 is 0 Å². The van der Waals surface area contributed by atoms with Crippen LogP contribution < -0.4 is 0 Å². The van der Waals surface area contributed by atoms with E-state index in [1.165, 1.54) is 54.4 Å². The van der Waals surface area contributed by atoms with Crippen LogP contribution in [0.3, 0.4) is 0 Å². The summed E-state index contributed by atoms with van der Waals surface area (Å²) in [6.07, 6.45) is -8.23. The molecule has 0 aromatic carbocycles. The summed E-state index contributed by atoms with van der Waals surface area (Å²) in [6, 6.07) is -1.18. The molecule has 15 heteroatoms. The number of ether oxygens (including phenoxy) is 8. The Bertz CT molecular complexity index is 783. The molecular formula is C20H37NO13S. The predicted octanol–water partition coefficient (Wildman–Crippen LogP) is -0.786. The van der Waals surface area contributed by atoms with Crippen LogP contribution in [0.25, 0.3) is 0 Å². The molecule has 2 aliphatic heterocycles. The van der Waals surface area contributed by atoms with Crippen LogP contribution in [0.2, 0.25) is 0 Å². The lowest BCUT2D eigenvalue weighted by Crippen LogP contribution is -2.68. The molecule has 0 bridgehead atoms. The molecule has 14 nitrogen and oxygen atoms in total. The van der Waals surface area contributed by atoms with E-state index >= 15 is 0 Å². The van der Waals surface area contributed by atoms with Crippen LogP contribution in [0.15, 0.2) is 0 Å². The SMILES string of the molecule is COC[C@H]1O[C@@H](O[C@H]2[C@H](OC)[C@H](OC)O[C@@H](C)[C@H]2OC)[C@H](N(C)C(C)=O)[C@@H](OS(=O)(=O)O)[C@@H]1OC. The Morgan fingerprint density at radius 1 is 0.886 bits per heavy atom. The normalized spacial score (nSPS) is 38.3. The lowest BCUT2D eigenvalue weighted by Gasteiger charge is -2.50. The highest BCUT2D eigenvalue weighted by Crippen LogP contribution is 2.35. The smallest absolute Gasteiger partial charge is 0.382 e. The number of carbonyl (C=O) groups is 1. The zero-order valence-corrected chi connectivity index (χ0v) is 22.0. The average molecular weight is 532 g/mol. The van der Waals surface area contributed by atoms with Crippen LogP contribution in [0.5, 0.6) is 0 Å². The number of amides is 1. The molecule has 2 fully saturated rings. The molecule has 0 aromatic heterocycles. The maximum absolute atomic E-state index is 12.4. The first-order valence-electron chi connectivity index (χ1n) is 10.9. The van der Waals surface area contributed by atoms with Gasteiger partial charge in [0.2, 0.25) is 5.91 Å². The van der Waals surface area contributed by atoms with E-state index in [9.17, 15) is 17.8 Å². The molecule has 2 rings (SSSR count). The first-order chi connectivity index (χ1) is 16.4. The Morgan fingerprint density at radius 3 is 1.94 bits per heavy atom. The van der Waals surface area contributed by atoms with Crippen molar-refractivity contribution in [2.75, 3.05) is 49.2 Å². The van der Waals surface area contributed by atoms with Gasteiger partial charge in [0.1, 0.15) is 42.7 Å². The molecule has 0 aliphatic carbocycles. The lowest BCUT2D eigenvalue weighted by atomic mass is 9.94. The van der Waals surface area contributed by atoms with Gasteiger partial charge in [-0.1, -0.05) is 0 Å². The number of rotatable bonds is 11. The first kappa shape index (κ1) is 30.2. The van der Waals surface area contributed by atoms with Gasteiger partial charge in [-0.2, -0.15) is 8.42 Å². The number of carbonyl (C=O) groups excluding carboxylic acids is 1. The van der Waals surface area contributed by atoms with Crippen molar-refractivity contribution < 1.29 is 59.8 Å². The molecule has 0 saturated carbocycles. The van der Waals surface area contributed by atoms with Crippen molar-refractivity contribution in [3.8, 4) is 0 Å². The molecule has 0 spiro atoms. The molecule has 0 aromatic rings. The van der Waals surface area contributed by atoms with Crippen LogP contribution in [0.1, 0.15) is 13.8 Å². The minimum absolute atomic E-state index is 0.0352. The standard InChI is InChI=1S/C20H37NO13S/c1-10-14(27-5)17(18(29-7)20(30-8)31-10)33-19-13(21(3)11(2)22)16(34-35(23,24)25)15(28-6)12(32-19)9-26-4/h10,12-20H,9H2,1-8H3,(H,23,24,25)/t10-,12+,13+,14+,15+,16+,17+,18-,19-,20+/m0/s1. The fraction of sp³-hybridized carbons (Fsp3) is 0.950. The minimum atomic E-state index is -4.97. The quantitative estimate of drug-likeness (QED) is 0.331. The topological polar surface area (TPSA) is 158 Å². The van der Waals surface area contributed by atoms with E-state index < -0.39 is 77.7 Å². The molecule has 0 unspecified atom stereocenters. The third-order valence-electron chi connectivity index (χ3n) is 6.19. The molecule has 10 atom stereocenters. The third-order valence-corrected chi connectivity index (χ3v) is 6.65. The summed E-state index contributed by atoms with van der Waals surface area (Å²) in [5.74, 6) is -0.446. The highest BCUT2D eigenvalue weighted by Gasteiger charge is 2.55. The molecule has 2 aliphatic rings. The minimum Gasteiger partial charge on any atom is -0.382 e. The summed E-state index contributed by atoms with van der Waals surface area (Å²) in [5.41, 5.74) is 0. The number of hydrogen-bond acceptors (Lipinski definition) is 12. The van der Waals surface area contributed by atoms with Crippen molar-refractivity contribution in [3.05, 3.63) is 0 Å². The number of methoxy groups -OCH3 is 5. The van der Waals surface area contributed by atoms with Gasteiger partial charge in [0, 0.05) is 49.5 Å². The Labute approximate surface area is 205 Å². The second kappa shape index (κ2) is 13.0. The van der Waals surface area contributed by atoms with Gasteiger partial charge in [-0.3, -0.25) is 9.35 Å². The van der Waals surface area contributed by atoms with Crippen molar-refractivity contribution in [1.29, 1.82) is 0 Å². The van der Waals surface area contributed by atoms with E-state index in [4.69, 9.17) is 42.1 Å². The number of hydrogen-bond donors (Lipinski definition) is 1.